The molecule has 1 heterocycles. The van der Waals surface area contributed by atoms with E-state index in [0.717, 1.165) is 12.1 Å². The number of rotatable bonds is 2. The summed E-state index contributed by atoms with van der Waals surface area (Å²) < 4.78 is 39.9. The van der Waals surface area contributed by atoms with Gasteiger partial charge in [-0.25, -0.2) is 0 Å². The van der Waals surface area contributed by atoms with Crippen LogP contribution in [0.15, 0.2) is 60.8 Å². The molecule has 4 aromatic rings. The molecule has 0 saturated carbocycles. The Bertz CT molecular complexity index is 1240. The summed E-state index contributed by atoms with van der Waals surface area (Å²) in [5.74, 6) is -0.390. The number of hydrogen-bond acceptors (Lipinski definition) is 2. The van der Waals surface area contributed by atoms with Crippen molar-refractivity contribution >= 4 is 50.5 Å². The molecule has 0 radical (unpaired) electrons. The van der Waals surface area contributed by atoms with Crippen molar-refractivity contribution in [2.75, 3.05) is 0 Å². The minimum absolute atomic E-state index is 0.139. The molecule has 3 aromatic carbocycles. The molecular weight excluding hydrogens is 410 g/mol. The molecule has 0 aliphatic carbocycles. The molecule has 140 valence electrons. The number of nitrogens with zero attached hydrogens (tertiary/aromatic N) is 1. The maximum absolute atomic E-state index is 13.3. The summed E-state index contributed by atoms with van der Waals surface area (Å²) in [6.45, 7) is 0. The fourth-order valence-electron chi connectivity index (χ4n) is 3.18. The molecule has 0 unspecified atom stereocenters. The lowest BCUT2D eigenvalue weighted by molar-refractivity contribution is -0.137. The molecule has 7 heteroatoms. The van der Waals surface area contributed by atoms with E-state index < -0.39 is 17.5 Å². The standard InChI is InChI=1S/C21H10Cl2F3NO/c22-16-7-4-11-9-15(20(28)17-3-1-2-8-27-17)13-6-5-12(21(24,25)26)10-14(13)18(11)19(16)23/h1-10H. The highest BCUT2D eigenvalue weighted by molar-refractivity contribution is 6.47. The van der Waals surface area contributed by atoms with Crippen LogP contribution < -0.4 is 0 Å². The Balaban J connectivity index is 2.12. The number of hydrogen-bond donors (Lipinski definition) is 0. The van der Waals surface area contributed by atoms with E-state index in [0.29, 0.717) is 16.2 Å². The highest BCUT2D eigenvalue weighted by Crippen LogP contribution is 2.40. The van der Waals surface area contributed by atoms with Gasteiger partial charge in [0.25, 0.3) is 0 Å². The van der Waals surface area contributed by atoms with Crippen molar-refractivity contribution in [3.63, 3.8) is 0 Å². The smallest absolute Gasteiger partial charge is 0.287 e. The van der Waals surface area contributed by atoms with Gasteiger partial charge in [0, 0.05) is 17.1 Å². The van der Waals surface area contributed by atoms with Crippen LogP contribution in [0, 0.1) is 0 Å². The molecule has 0 aliphatic rings. The van der Waals surface area contributed by atoms with E-state index in [1.807, 2.05) is 0 Å². The molecule has 0 spiro atoms. The predicted octanol–water partition coefficient (Wildman–Crippen LogP) is 6.94. The van der Waals surface area contributed by atoms with Crippen molar-refractivity contribution in [1.82, 2.24) is 4.98 Å². The van der Waals surface area contributed by atoms with E-state index >= 15 is 0 Å². The molecule has 2 nitrogen and oxygen atoms in total. The molecule has 0 amide bonds. The summed E-state index contributed by atoms with van der Waals surface area (Å²) in [6.07, 6.45) is -3.05. The number of ketones is 1. The Labute approximate surface area is 167 Å². The van der Waals surface area contributed by atoms with Crippen molar-refractivity contribution < 1.29 is 18.0 Å². The second-order valence-electron chi connectivity index (χ2n) is 6.19. The summed E-state index contributed by atoms with van der Waals surface area (Å²) in [5.41, 5.74) is -0.392. The van der Waals surface area contributed by atoms with Crippen LogP contribution in [0.5, 0.6) is 0 Å². The monoisotopic (exact) mass is 419 g/mol. The first-order valence-electron chi connectivity index (χ1n) is 8.15. The zero-order valence-electron chi connectivity index (χ0n) is 14.0. The summed E-state index contributed by atoms with van der Waals surface area (Å²) in [4.78, 5) is 17.0. The topological polar surface area (TPSA) is 30.0 Å². The first-order valence-corrected chi connectivity index (χ1v) is 8.90. The largest absolute Gasteiger partial charge is 0.416 e. The Morgan fingerprint density at radius 2 is 1.71 bits per heavy atom. The van der Waals surface area contributed by atoms with Crippen molar-refractivity contribution in [2.45, 2.75) is 6.18 Å². The third kappa shape index (κ3) is 3.11. The number of alkyl halides is 3. The third-order valence-corrected chi connectivity index (χ3v) is 5.28. The Morgan fingerprint density at radius 1 is 0.929 bits per heavy atom. The van der Waals surface area contributed by atoms with Crippen LogP contribution in [0.4, 0.5) is 13.2 Å². The normalized spacial score (nSPS) is 11.9. The summed E-state index contributed by atoms with van der Waals surface area (Å²) in [7, 11) is 0. The highest BCUT2D eigenvalue weighted by Gasteiger charge is 2.31. The molecular formula is C21H10Cl2F3NO. The van der Waals surface area contributed by atoms with E-state index in [1.165, 1.54) is 12.3 Å². The van der Waals surface area contributed by atoms with Gasteiger partial charge in [-0.3, -0.25) is 9.78 Å². The third-order valence-electron chi connectivity index (χ3n) is 4.48. The molecule has 28 heavy (non-hydrogen) atoms. The van der Waals surface area contributed by atoms with Crippen LogP contribution in [0.1, 0.15) is 21.6 Å². The minimum Gasteiger partial charge on any atom is -0.287 e. The Morgan fingerprint density at radius 3 is 2.39 bits per heavy atom. The number of aromatic nitrogens is 1. The number of halogens is 5. The zero-order valence-corrected chi connectivity index (χ0v) is 15.5. The average Bonchev–Trinajstić information content (AvgIpc) is 2.69. The number of carbonyl (C=O) groups is 1. The molecule has 0 atom stereocenters. The van der Waals surface area contributed by atoms with Gasteiger partial charge in [-0.1, -0.05) is 41.4 Å². The molecule has 0 N–H and O–H groups in total. The van der Waals surface area contributed by atoms with E-state index in [-0.39, 0.29) is 26.7 Å². The van der Waals surface area contributed by atoms with Crippen molar-refractivity contribution in [3.8, 4) is 0 Å². The molecule has 0 fully saturated rings. The van der Waals surface area contributed by atoms with Gasteiger partial charge < -0.3 is 0 Å². The highest BCUT2D eigenvalue weighted by atomic mass is 35.5. The number of benzene rings is 3. The predicted molar refractivity (Wildman–Crippen MR) is 104 cm³/mol. The number of pyridine rings is 1. The second-order valence-corrected chi connectivity index (χ2v) is 6.97. The maximum Gasteiger partial charge on any atom is 0.416 e. The lowest BCUT2D eigenvalue weighted by Crippen LogP contribution is -2.07. The van der Waals surface area contributed by atoms with Crippen LogP contribution >= 0.6 is 23.2 Å². The van der Waals surface area contributed by atoms with Crippen LogP contribution in [-0.4, -0.2) is 10.8 Å². The van der Waals surface area contributed by atoms with Gasteiger partial charge in [-0.05, 0) is 52.6 Å². The number of fused-ring (bicyclic) bond motifs is 3. The lowest BCUT2D eigenvalue weighted by atomic mass is 9.92. The summed E-state index contributed by atoms with van der Waals surface area (Å²) in [6, 6.07) is 12.9. The molecule has 4 rings (SSSR count). The first kappa shape index (κ1) is 18.7. The fraction of sp³-hybridized carbons (Fsp3) is 0.0476. The minimum atomic E-state index is -4.54. The van der Waals surface area contributed by atoms with Crippen molar-refractivity contribution in [3.05, 3.63) is 87.7 Å². The van der Waals surface area contributed by atoms with Crippen molar-refractivity contribution in [2.24, 2.45) is 0 Å². The van der Waals surface area contributed by atoms with Gasteiger partial charge in [0.05, 0.1) is 15.6 Å². The van der Waals surface area contributed by atoms with Gasteiger partial charge in [0.15, 0.2) is 0 Å². The number of carbonyl (C=O) groups excluding carboxylic acids is 1. The van der Waals surface area contributed by atoms with Crippen LogP contribution in [0.25, 0.3) is 21.5 Å². The maximum atomic E-state index is 13.3. The van der Waals surface area contributed by atoms with Crippen molar-refractivity contribution in [1.29, 1.82) is 0 Å². The van der Waals surface area contributed by atoms with Gasteiger partial charge in [0.2, 0.25) is 5.78 Å². The quantitative estimate of drug-likeness (QED) is 0.260. The van der Waals surface area contributed by atoms with Crippen LogP contribution in [0.2, 0.25) is 10.0 Å². The molecule has 0 bridgehead atoms. The zero-order chi connectivity index (χ0) is 20.1. The summed E-state index contributed by atoms with van der Waals surface area (Å²) in [5, 5.41) is 1.80. The second kappa shape index (κ2) is 6.76. The molecule has 0 saturated heterocycles. The molecule has 1 aromatic heterocycles. The van der Waals surface area contributed by atoms with Gasteiger partial charge in [-0.2, -0.15) is 13.2 Å². The van der Waals surface area contributed by atoms with Gasteiger partial charge in [-0.15, -0.1) is 0 Å². The first-order chi connectivity index (χ1) is 13.3. The van der Waals surface area contributed by atoms with E-state index in [4.69, 9.17) is 23.2 Å². The average molecular weight is 420 g/mol. The van der Waals surface area contributed by atoms with Crippen LogP contribution in [-0.2, 0) is 6.18 Å². The summed E-state index contributed by atoms with van der Waals surface area (Å²) >= 11 is 12.4. The van der Waals surface area contributed by atoms with Gasteiger partial charge >= 0.3 is 6.18 Å². The Kier molecular flexibility index (Phi) is 4.52. The van der Waals surface area contributed by atoms with Crippen LogP contribution in [0.3, 0.4) is 0 Å². The van der Waals surface area contributed by atoms with E-state index in [9.17, 15) is 18.0 Å². The fourth-order valence-corrected chi connectivity index (χ4v) is 3.61. The lowest BCUT2D eigenvalue weighted by Gasteiger charge is -2.14. The van der Waals surface area contributed by atoms with E-state index in [2.05, 4.69) is 4.98 Å². The van der Waals surface area contributed by atoms with Gasteiger partial charge in [0.1, 0.15) is 5.69 Å². The SMILES string of the molecule is O=C(c1ccccn1)c1cc2ccc(Cl)c(Cl)c2c2cc(C(F)(F)F)ccc12. The van der Waals surface area contributed by atoms with E-state index in [1.54, 1.807) is 36.4 Å². The molecule has 0 aliphatic heterocycles. The Hall–Kier alpha value is -2.63.